The highest BCUT2D eigenvalue weighted by Crippen LogP contribution is 2.28. The predicted molar refractivity (Wildman–Crippen MR) is 68.2 cm³/mol. The molecular formula is C15H16O. The molecule has 2 rings (SSSR count). The van der Waals surface area contributed by atoms with Gasteiger partial charge in [0.2, 0.25) is 0 Å². The van der Waals surface area contributed by atoms with E-state index < -0.39 is 0 Å². The SMILES string of the molecule is Cc1ccc2c(C=O)ccc(C(C)C)c2c1. The van der Waals surface area contributed by atoms with Gasteiger partial charge in [-0.15, -0.1) is 0 Å². The van der Waals surface area contributed by atoms with E-state index in [1.54, 1.807) is 0 Å². The van der Waals surface area contributed by atoms with Crippen molar-refractivity contribution in [2.24, 2.45) is 0 Å². The van der Waals surface area contributed by atoms with Crippen LogP contribution < -0.4 is 0 Å². The highest BCUT2D eigenvalue weighted by Gasteiger charge is 2.08. The van der Waals surface area contributed by atoms with Gasteiger partial charge in [0.25, 0.3) is 0 Å². The molecule has 0 unspecified atom stereocenters. The Morgan fingerprint density at radius 3 is 2.44 bits per heavy atom. The molecule has 0 aliphatic rings. The Morgan fingerprint density at radius 2 is 1.81 bits per heavy atom. The summed E-state index contributed by atoms with van der Waals surface area (Å²) in [5.41, 5.74) is 3.32. The maximum absolute atomic E-state index is 11.0. The Bertz CT molecular complexity index is 538. The van der Waals surface area contributed by atoms with Crippen molar-refractivity contribution in [3.05, 3.63) is 47.0 Å². The molecule has 0 aromatic heterocycles. The molecule has 1 nitrogen and oxygen atoms in total. The first kappa shape index (κ1) is 10.9. The third kappa shape index (κ3) is 1.73. The second kappa shape index (κ2) is 4.09. The van der Waals surface area contributed by atoms with E-state index in [4.69, 9.17) is 0 Å². The lowest BCUT2D eigenvalue weighted by atomic mass is 9.92. The van der Waals surface area contributed by atoms with E-state index in [9.17, 15) is 4.79 Å². The highest BCUT2D eigenvalue weighted by atomic mass is 16.1. The van der Waals surface area contributed by atoms with Crippen LogP contribution in [0, 0.1) is 6.92 Å². The zero-order valence-corrected chi connectivity index (χ0v) is 9.95. The van der Waals surface area contributed by atoms with Crippen molar-refractivity contribution >= 4 is 17.1 Å². The molecule has 0 spiro atoms. The van der Waals surface area contributed by atoms with Crippen LogP contribution in [0.5, 0.6) is 0 Å². The molecule has 0 heterocycles. The molecule has 0 saturated heterocycles. The average molecular weight is 212 g/mol. The quantitative estimate of drug-likeness (QED) is 0.685. The van der Waals surface area contributed by atoms with E-state index in [-0.39, 0.29) is 0 Å². The van der Waals surface area contributed by atoms with Gasteiger partial charge in [-0.2, -0.15) is 0 Å². The van der Waals surface area contributed by atoms with Gasteiger partial charge in [-0.25, -0.2) is 0 Å². The highest BCUT2D eigenvalue weighted by molar-refractivity contribution is 6.00. The van der Waals surface area contributed by atoms with Crippen LogP contribution in [0.1, 0.15) is 41.3 Å². The largest absolute Gasteiger partial charge is 0.298 e. The Morgan fingerprint density at radius 1 is 1.06 bits per heavy atom. The molecule has 0 aliphatic carbocycles. The van der Waals surface area contributed by atoms with Crippen molar-refractivity contribution in [3.63, 3.8) is 0 Å². The number of aldehydes is 1. The minimum absolute atomic E-state index is 0.477. The van der Waals surface area contributed by atoms with E-state index in [1.165, 1.54) is 16.5 Å². The molecule has 0 N–H and O–H groups in total. The summed E-state index contributed by atoms with van der Waals surface area (Å²) in [5, 5.41) is 2.27. The molecule has 16 heavy (non-hydrogen) atoms. The number of carbonyl (C=O) groups excluding carboxylic acids is 1. The molecule has 0 radical (unpaired) electrons. The number of aryl methyl sites for hydroxylation is 1. The van der Waals surface area contributed by atoms with Crippen LogP contribution in [0.2, 0.25) is 0 Å². The number of hydrogen-bond donors (Lipinski definition) is 0. The molecule has 1 heteroatoms. The Balaban J connectivity index is 2.85. The first-order chi connectivity index (χ1) is 7.63. The van der Waals surface area contributed by atoms with E-state index in [0.717, 1.165) is 17.2 Å². The zero-order valence-electron chi connectivity index (χ0n) is 9.95. The summed E-state index contributed by atoms with van der Waals surface area (Å²) in [4.78, 5) is 11.0. The summed E-state index contributed by atoms with van der Waals surface area (Å²) < 4.78 is 0. The Kier molecular flexibility index (Phi) is 2.78. The van der Waals surface area contributed by atoms with Gasteiger partial charge in [0.1, 0.15) is 0 Å². The Hall–Kier alpha value is -1.63. The molecule has 0 aliphatic heterocycles. The number of hydrogen-bond acceptors (Lipinski definition) is 1. The number of benzene rings is 2. The van der Waals surface area contributed by atoms with Gasteiger partial charge in [0.15, 0.2) is 6.29 Å². The summed E-state index contributed by atoms with van der Waals surface area (Å²) in [6.45, 7) is 6.44. The third-order valence-corrected chi connectivity index (χ3v) is 2.99. The fraction of sp³-hybridized carbons (Fsp3) is 0.267. The van der Waals surface area contributed by atoms with Crippen LogP contribution in [-0.4, -0.2) is 6.29 Å². The maximum atomic E-state index is 11.0. The lowest BCUT2D eigenvalue weighted by Gasteiger charge is -2.12. The predicted octanol–water partition coefficient (Wildman–Crippen LogP) is 4.08. The number of fused-ring (bicyclic) bond motifs is 1. The molecular weight excluding hydrogens is 196 g/mol. The van der Waals surface area contributed by atoms with Gasteiger partial charge in [0, 0.05) is 5.56 Å². The average Bonchev–Trinajstić information content (AvgIpc) is 2.26. The standard InChI is InChI=1S/C15H16O/c1-10(2)13-7-5-12(9-16)14-6-4-11(3)8-15(13)14/h4-10H,1-3H3. The summed E-state index contributed by atoms with van der Waals surface area (Å²) in [7, 11) is 0. The van der Waals surface area contributed by atoms with Crippen molar-refractivity contribution in [2.45, 2.75) is 26.7 Å². The second-order valence-corrected chi connectivity index (χ2v) is 4.57. The van der Waals surface area contributed by atoms with Gasteiger partial charge in [-0.3, -0.25) is 4.79 Å². The van der Waals surface area contributed by atoms with E-state index in [2.05, 4.69) is 39.0 Å². The summed E-state index contributed by atoms with van der Waals surface area (Å²) >= 11 is 0. The molecule has 0 amide bonds. The van der Waals surface area contributed by atoms with Crippen LogP contribution in [0.25, 0.3) is 10.8 Å². The lowest BCUT2D eigenvalue weighted by Crippen LogP contribution is -1.93. The fourth-order valence-corrected chi connectivity index (χ4v) is 2.11. The number of carbonyl (C=O) groups is 1. The van der Waals surface area contributed by atoms with Gasteiger partial charge in [-0.05, 0) is 29.2 Å². The lowest BCUT2D eigenvalue weighted by molar-refractivity contribution is 0.112. The van der Waals surface area contributed by atoms with Crippen molar-refractivity contribution in [1.29, 1.82) is 0 Å². The summed E-state index contributed by atoms with van der Waals surface area (Å²) in [6, 6.07) is 10.2. The first-order valence-electron chi connectivity index (χ1n) is 5.62. The molecule has 0 saturated carbocycles. The normalized spacial score (nSPS) is 11.0. The second-order valence-electron chi connectivity index (χ2n) is 4.57. The molecule has 0 atom stereocenters. The van der Waals surface area contributed by atoms with Crippen molar-refractivity contribution in [2.75, 3.05) is 0 Å². The summed E-state index contributed by atoms with van der Waals surface area (Å²) in [6.07, 6.45) is 0.932. The minimum atomic E-state index is 0.477. The first-order valence-corrected chi connectivity index (χ1v) is 5.62. The number of rotatable bonds is 2. The Labute approximate surface area is 96.1 Å². The molecule has 0 fully saturated rings. The molecule has 82 valence electrons. The van der Waals surface area contributed by atoms with Gasteiger partial charge >= 0.3 is 0 Å². The minimum Gasteiger partial charge on any atom is -0.298 e. The summed E-state index contributed by atoms with van der Waals surface area (Å²) in [5.74, 6) is 0.477. The molecule has 2 aromatic carbocycles. The monoisotopic (exact) mass is 212 g/mol. The van der Waals surface area contributed by atoms with Crippen molar-refractivity contribution in [1.82, 2.24) is 0 Å². The zero-order chi connectivity index (χ0) is 11.7. The van der Waals surface area contributed by atoms with Crippen LogP contribution in [-0.2, 0) is 0 Å². The van der Waals surface area contributed by atoms with Crippen LogP contribution in [0.3, 0.4) is 0 Å². The molecule has 2 aromatic rings. The van der Waals surface area contributed by atoms with E-state index in [1.807, 2.05) is 12.1 Å². The van der Waals surface area contributed by atoms with Crippen LogP contribution >= 0.6 is 0 Å². The van der Waals surface area contributed by atoms with E-state index in [0.29, 0.717) is 5.92 Å². The van der Waals surface area contributed by atoms with Gasteiger partial charge < -0.3 is 0 Å². The third-order valence-electron chi connectivity index (χ3n) is 2.99. The topological polar surface area (TPSA) is 17.1 Å². The fourth-order valence-electron chi connectivity index (χ4n) is 2.11. The van der Waals surface area contributed by atoms with Gasteiger partial charge in [-0.1, -0.05) is 49.7 Å². The maximum Gasteiger partial charge on any atom is 0.150 e. The van der Waals surface area contributed by atoms with Crippen molar-refractivity contribution < 1.29 is 4.79 Å². The van der Waals surface area contributed by atoms with Crippen LogP contribution in [0.4, 0.5) is 0 Å². The van der Waals surface area contributed by atoms with E-state index >= 15 is 0 Å². The van der Waals surface area contributed by atoms with Gasteiger partial charge in [0.05, 0.1) is 0 Å². The van der Waals surface area contributed by atoms with Crippen LogP contribution in [0.15, 0.2) is 30.3 Å². The van der Waals surface area contributed by atoms with Crippen molar-refractivity contribution in [3.8, 4) is 0 Å². The smallest absolute Gasteiger partial charge is 0.150 e. The molecule has 0 bridgehead atoms.